The maximum Gasteiger partial charge on any atom is 0.439 e. The highest BCUT2D eigenvalue weighted by Crippen LogP contribution is 2.36. The molecule has 0 saturated carbocycles. The Hall–Kier alpha value is -3.37. The molecule has 0 aliphatic heterocycles. The Morgan fingerprint density at radius 3 is 2.64 bits per heavy atom. The zero-order valence-electron chi connectivity index (χ0n) is 12.6. The number of ether oxygens (including phenoxy) is 1. The molecule has 1 aromatic carbocycles. The van der Waals surface area contributed by atoms with Gasteiger partial charge in [0.05, 0.1) is 18.4 Å². The van der Waals surface area contributed by atoms with Crippen molar-refractivity contribution in [3.63, 3.8) is 0 Å². The van der Waals surface area contributed by atoms with E-state index >= 15 is 0 Å². The van der Waals surface area contributed by atoms with Crippen molar-refractivity contribution in [2.75, 3.05) is 12.4 Å². The number of rotatable bonds is 4. The van der Waals surface area contributed by atoms with Gasteiger partial charge in [-0.1, -0.05) is 5.16 Å². The second kappa shape index (κ2) is 6.26. The third-order valence-electron chi connectivity index (χ3n) is 3.14. The van der Waals surface area contributed by atoms with Gasteiger partial charge in [0, 0.05) is 12.4 Å². The van der Waals surface area contributed by atoms with Crippen LogP contribution in [-0.4, -0.2) is 27.2 Å². The zero-order valence-corrected chi connectivity index (χ0v) is 12.6. The van der Waals surface area contributed by atoms with Crippen LogP contribution in [0.3, 0.4) is 0 Å². The number of aromatic nitrogens is 4. The molecule has 8 nitrogen and oxygen atoms in total. The Balaban J connectivity index is 2.00. The van der Waals surface area contributed by atoms with E-state index in [-0.39, 0.29) is 28.8 Å². The molecule has 2 heterocycles. The third-order valence-corrected chi connectivity index (χ3v) is 3.14. The van der Waals surface area contributed by atoms with Gasteiger partial charge in [-0.3, -0.25) is 9.51 Å². The Bertz CT molecular complexity index is 951. The first-order valence-corrected chi connectivity index (χ1v) is 6.78. The lowest BCUT2D eigenvalue weighted by molar-refractivity contribution is -0.137. The van der Waals surface area contributed by atoms with E-state index in [1.807, 2.05) is 0 Å². The van der Waals surface area contributed by atoms with Gasteiger partial charge in [-0.15, -0.1) is 0 Å². The van der Waals surface area contributed by atoms with E-state index in [2.05, 4.69) is 29.9 Å². The number of anilines is 2. The first-order valence-electron chi connectivity index (χ1n) is 6.78. The fraction of sp³-hybridized carbons (Fsp3) is 0.143. The van der Waals surface area contributed by atoms with Gasteiger partial charge < -0.3 is 10.1 Å². The molecule has 130 valence electrons. The van der Waals surface area contributed by atoms with Gasteiger partial charge in [0.25, 0.3) is 0 Å². The predicted molar refractivity (Wildman–Crippen MR) is 79.4 cm³/mol. The van der Waals surface area contributed by atoms with Gasteiger partial charge in [0.15, 0.2) is 11.5 Å². The number of aromatic amines is 1. The Morgan fingerprint density at radius 2 is 2.00 bits per heavy atom. The van der Waals surface area contributed by atoms with Crippen molar-refractivity contribution in [1.82, 2.24) is 20.1 Å². The molecule has 0 bridgehead atoms. The second-order valence-electron chi connectivity index (χ2n) is 4.74. The minimum Gasteiger partial charge on any atom is -0.495 e. The summed E-state index contributed by atoms with van der Waals surface area (Å²) < 4.78 is 47.8. The first kappa shape index (κ1) is 16.5. The van der Waals surface area contributed by atoms with Gasteiger partial charge in [-0.25, -0.2) is 14.8 Å². The number of H-pyrrole nitrogens is 1. The highest BCUT2D eigenvalue weighted by atomic mass is 19.4. The SMILES string of the molecule is COc1cc(C(F)(F)F)ccc1Nc1nccnc1-c1noc(=O)[nH]1. The van der Waals surface area contributed by atoms with Crippen molar-refractivity contribution >= 4 is 11.5 Å². The Labute approximate surface area is 137 Å². The van der Waals surface area contributed by atoms with Crippen LogP contribution in [0, 0.1) is 0 Å². The van der Waals surface area contributed by atoms with E-state index in [9.17, 15) is 18.0 Å². The standard InChI is InChI=1S/C14H10F3N5O3/c1-24-9-6-7(14(15,16)17)2-3-8(9)20-11-10(18-4-5-19-11)12-21-13(23)25-22-12/h2-6H,1H3,(H,19,20)(H,21,22,23). The number of methoxy groups -OCH3 is 1. The van der Waals surface area contributed by atoms with Gasteiger partial charge in [0.2, 0.25) is 5.82 Å². The van der Waals surface area contributed by atoms with Gasteiger partial charge >= 0.3 is 11.9 Å². The first-order chi connectivity index (χ1) is 11.9. The van der Waals surface area contributed by atoms with Gasteiger partial charge in [-0.05, 0) is 18.2 Å². The summed E-state index contributed by atoms with van der Waals surface area (Å²) in [5, 5.41) is 6.32. The summed E-state index contributed by atoms with van der Waals surface area (Å²) in [6.07, 6.45) is -1.78. The number of halogens is 3. The summed E-state index contributed by atoms with van der Waals surface area (Å²) in [6, 6.07) is 2.96. The van der Waals surface area contributed by atoms with E-state index in [4.69, 9.17) is 4.74 Å². The van der Waals surface area contributed by atoms with Gasteiger partial charge in [-0.2, -0.15) is 13.2 Å². The molecule has 0 saturated heterocycles. The van der Waals surface area contributed by atoms with Crippen LogP contribution in [0.4, 0.5) is 24.7 Å². The number of hydrogen-bond donors (Lipinski definition) is 2. The van der Waals surface area contributed by atoms with Crippen LogP contribution in [0.15, 0.2) is 39.9 Å². The molecular weight excluding hydrogens is 343 g/mol. The number of hydrogen-bond acceptors (Lipinski definition) is 7. The van der Waals surface area contributed by atoms with E-state index < -0.39 is 17.5 Å². The fourth-order valence-corrected chi connectivity index (χ4v) is 2.03. The van der Waals surface area contributed by atoms with Crippen LogP contribution in [0.5, 0.6) is 5.75 Å². The van der Waals surface area contributed by atoms with Crippen molar-refractivity contribution in [3.05, 3.63) is 46.7 Å². The minimum absolute atomic E-state index is 0.0199. The summed E-state index contributed by atoms with van der Waals surface area (Å²) in [7, 11) is 1.24. The normalized spacial score (nSPS) is 11.4. The molecular formula is C14H10F3N5O3. The highest BCUT2D eigenvalue weighted by molar-refractivity contribution is 5.73. The number of benzene rings is 1. The molecule has 2 N–H and O–H groups in total. The van der Waals surface area contributed by atoms with Crippen molar-refractivity contribution in [3.8, 4) is 17.3 Å². The highest BCUT2D eigenvalue weighted by Gasteiger charge is 2.31. The van der Waals surface area contributed by atoms with Crippen molar-refractivity contribution in [2.45, 2.75) is 6.18 Å². The fourth-order valence-electron chi connectivity index (χ4n) is 2.03. The number of alkyl halides is 3. The lowest BCUT2D eigenvalue weighted by Crippen LogP contribution is -2.07. The molecule has 0 radical (unpaired) electrons. The average molecular weight is 353 g/mol. The maximum atomic E-state index is 12.8. The van der Waals surface area contributed by atoms with Crippen molar-refractivity contribution in [1.29, 1.82) is 0 Å². The average Bonchev–Trinajstić information content (AvgIpc) is 3.01. The van der Waals surface area contributed by atoms with Crippen LogP contribution in [0.25, 0.3) is 11.5 Å². The Kier molecular flexibility index (Phi) is 4.13. The number of nitrogens with one attached hydrogen (secondary N) is 2. The van der Waals surface area contributed by atoms with E-state index in [0.29, 0.717) is 0 Å². The zero-order chi connectivity index (χ0) is 18.0. The van der Waals surface area contributed by atoms with Gasteiger partial charge in [0.1, 0.15) is 5.75 Å². The molecule has 0 spiro atoms. The second-order valence-corrected chi connectivity index (χ2v) is 4.74. The molecule has 0 atom stereocenters. The summed E-state index contributed by atoms with van der Waals surface area (Å²) in [4.78, 5) is 21.5. The molecule has 11 heteroatoms. The van der Waals surface area contributed by atoms with E-state index in [0.717, 1.165) is 12.1 Å². The monoisotopic (exact) mass is 353 g/mol. The summed E-state index contributed by atoms with van der Waals surface area (Å²) in [6.45, 7) is 0. The maximum absolute atomic E-state index is 12.8. The topological polar surface area (TPSA) is 106 Å². The molecule has 3 aromatic rings. The lowest BCUT2D eigenvalue weighted by atomic mass is 10.1. The molecule has 0 amide bonds. The lowest BCUT2D eigenvalue weighted by Gasteiger charge is -2.14. The molecule has 0 unspecified atom stereocenters. The molecule has 2 aromatic heterocycles. The largest absolute Gasteiger partial charge is 0.495 e. The van der Waals surface area contributed by atoms with E-state index in [1.54, 1.807) is 0 Å². The van der Waals surface area contributed by atoms with Crippen LogP contribution in [-0.2, 0) is 6.18 Å². The van der Waals surface area contributed by atoms with Crippen LogP contribution in [0.2, 0.25) is 0 Å². The Morgan fingerprint density at radius 1 is 1.24 bits per heavy atom. The summed E-state index contributed by atoms with van der Waals surface area (Å²) >= 11 is 0. The molecule has 0 fully saturated rings. The minimum atomic E-state index is -4.50. The van der Waals surface area contributed by atoms with Crippen molar-refractivity contribution < 1.29 is 22.4 Å². The van der Waals surface area contributed by atoms with Crippen LogP contribution < -0.4 is 15.8 Å². The predicted octanol–water partition coefficient (Wildman–Crippen LogP) is 2.59. The smallest absolute Gasteiger partial charge is 0.439 e. The van der Waals surface area contributed by atoms with Crippen molar-refractivity contribution in [2.24, 2.45) is 0 Å². The van der Waals surface area contributed by atoms with E-state index in [1.165, 1.54) is 25.6 Å². The molecule has 0 aliphatic rings. The van der Waals surface area contributed by atoms with Crippen LogP contribution >= 0.6 is 0 Å². The quantitative estimate of drug-likeness (QED) is 0.742. The summed E-state index contributed by atoms with van der Waals surface area (Å²) in [5.41, 5.74) is -0.478. The third kappa shape index (κ3) is 3.44. The molecule has 25 heavy (non-hydrogen) atoms. The van der Waals surface area contributed by atoms with Crippen LogP contribution in [0.1, 0.15) is 5.56 Å². The molecule has 0 aliphatic carbocycles. The summed E-state index contributed by atoms with van der Waals surface area (Å²) in [5.74, 6) is -0.657. The number of nitrogens with zero attached hydrogens (tertiary/aromatic N) is 3. The molecule has 3 rings (SSSR count).